The van der Waals surface area contributed by atoms with Gasteiger partial charge in [0.2, 0.25) is 0 Å². The maximum Gasteiger partial charge on any atom is 0.252 e. The van der Waals surface area contributed by atoms with Crippen molar-refractivity contribution in [1.82, 2.24) is 4.98 Å². The molecule has 154 valence electrons. The minimum Gasteiger partial charge on any atom is -0.496 e. The molecule has 2 aromatic carbocycles. The average Bonchev–Trinajstić information content (AvgIpc) is 3.20. The van der Waals surface area contributed by atoms with E-state index in [-0.39, 0.29) is 5.91 Å². The molecule has 2 amide bonds. The average molecular weight is 444 g/mol. The lowest BCUT2D eigenvalue weighted by Gasteiger charge is -2.36. The molecule has 0 aliphatic carbocycles. The third-order valence-electron chi connectivity index (χ3n) is 4.85. The highest BCUT2D eigenvalue weighted by atomic mass is 32.2. The topological polar surface area (TPSA) is 71.5 Å². The Morgan fingerprint density at radius 1 is 1.27 bits per heavy atom. The summed E-state index contributed by atoms with van der Waals surface area (Å²) in [6.07, 6.45) is 0. The van der Waals surface area contributed by atoms with E-state index in [4.69, 9.17) is 4.74 Å². The molecule has 2 heterocycles. The second-order valence-electron chi connectivity index (χ2n) is 6.80. The van der Waals surface area contributed by atoms with E-state index < -0.39 is 16.5 Å². The summed E-state index contributed by atoms with van der Waals surface area (Å²) in [6, 6.07) is 11.6. The molecule has 4 rings (SSSR count). The number of nitrogens with zero attached hydrogens (tertiary/aromatic N) is 2. The van der Waals surface area contributed by atoms with Crippen LogP contribution in [-0.2, 0) is 9.59 Å². The third kappa shape index (κ3) is 3.44. The van der Waals surface area contributed by atoms with Crippen LogP contribution in [0.5, 0.6) is 5.75 Å². The summed E-state index contributed by atoms with van der Waals surface area (Å²) in [5.41, 5.74) is 1.73. The quantitative estimate of drug-likeness (QED) is 0.605. The molecule has 1 atom stereocenters. The summed E-state index contributed by atoms with van der Waals surface area (Å²) in [4.78, 5) is 32.8. The highest BCUT2D eigenvalue weighted by Crippen LogP contribution is 2.45. The Bertz CT molecular complexity index is 1150. The van der Waals surface area contributed by atoms with Gasteiger partial charge in [-0.1, -0.05) is 23.9 Å². The van der Waals surface area contributed by atoms with Crippen LogP contribution in [0.4, 0.5) is 15.2 Å². The first-order chi connectivity index (χ1) is 14.3. The maximum absolute atomic E-state index is 13.7. The number of benzene rings is 2. The van der Waals surface area contributed by atoms with E-state index >= 15 is 0 Å². The number of rotatable bonds is 4. The summed E-state index contributed by atoms with van der Waals surface area (Å²) < 4.78 is 17.6. The van der Waals surface area contributed by atoms with Crippen LogP contribution in [0.1, 0.15) is 6.92 Å². The van der Waals surface area contributed by atoms with Gasteiger partial charge in [0.1, 0.15) is 11.6 Å². The second kappa shape index (κ2) is 7.73. The molecule has 0 bridgehead atoms. The molecule has 0 radical (unpaired) electrons. The lowest BCUT2D eigenvalue weighted by molar-refractivity contribution is -0.128. The largest absolute Gasteiger partial charge is 0.496 e. The van der Waals surface area contributed by atoms with Crippen molar-refractivity contribution in [3.8, 4) is 17.0 Å². The Morgan fingerprint density at radius 2 is 2.03 bits per heavy atom. The van der Waals surface area contributed by atoms with Crippen molar-refractivity contribution in [2.45, 2.75) is 16.6 Å². The van der Waals surface area contributed by atoms with Crippen molar-refractivity contribution in [1.29, 1.82) is 0 Å². The number of ether oxygens (including phenoxy) is 1. The van der Waals surface area contributed by atoms with Gasteiger partial charge in [0, 0.05) is 22.9 Å². The minimum absolute atomic E-state index is 0.313. The molecule has 6 nitrogen and oxygen atoms in total. The second-order valence-corrected chi connectivity index (χ2v) is 9.12. The number of anilines is 2. The Kier molecular flexibility index (Phi) is 5.25. The molecule has 1 aliphatic rings. The number of methoxy groups -OCH3 is 1. The molecule has 0 saturated heterocycles. The molecule has 1 unspecified atom stereocenters. The first-order valence-corrected chi connectivity index (χ1v) is 10.7. The number of thioether (sulfide) groups is 1. The van der Waals surface area contributed by atoms with Crippen LogP contribution < -0.4 is 15.0 Å². The number of hydrogen-bond acceptors (Lipinski definition) is 6. The fourth-order valence-corrected chi connectivity index (χ4v) is 5.18. The van der Waals surface area contributed by atoms with E-state index in [0.717, 1.165) is 10.6 Å². The Balaban J connectivity index is 1.60. The van der Waals surface area contributed by atoms with Crippen molar-refractivity contribution in [3.63, 3.8) is 0 Å². The van der Waals surface area contributed by atoms with Gasteiger partial charge in [-0.15, -0.1) is 11.3 Å². The van der Waals surface area contributed by atoms with Crippen LogP contribution in [0, 0.1) is 5.82 Å². The zero-order valence-electron chi connectivity index (χ0n) is 16.4. The van der Waals surface area contributed by atoms with Gasteiger partial charge in [-0.25, -0.2) is 9.37 Å². The number of amides is 2. The van der Waals surface area contributed by atoms with Crippen molar-refractivity contribution in [3.05, 3.63) is 53.7 Å². The standard InChI is InChI=1S/C21H18FN3O3S2/c1-21(19(27)25(2)15-6-4-5-7-17(15)30-21)18(26)24-20-23-14(11-29-20)13-10-12(22)8-9-16(13)28-3/h4-11H,1-3H3,(H,23,24,26). The zero-order valence-corrected chi connectivity index (χ0v) is 18.1. The van der Waals surface area contributed by atoms with Crippen LogP contribution in [0.25, 0.3) is 11.3 Å². The van der Waals surface area contributed by atoms with Gasteiger partial charge in [0.25, 0.3) is 11.8 Å². The Hall–Kier alpha value is -2.91. The number of nitrogens with one attached hydrogen (secondary N) is 1. The lowest BCUT2D eigenvalue weighted by atomic mass is 10.1. The number of thiazole rings is 1. The molecule has 0 spiro atoms. The summed E-state index contributed by atoms with van der Waals surface area (Å²) >= 11 is 2.41. The highest BCUT2D eigenvalue weighted by Gasteiger charge is 2.48. The smallest absolute Gasteiger partial charge is 0.252 e. The molecule has 1 aliphatic heterocycles. The molecule has 1 N–H and O–H groups in total. The molecule has 0 fully saturated rings. The first-order valence-electron chi connectivity index (χ1n) is 9.00. The maximum atomic E-state index is 13.7. The molecule has 3 aromatic rings. The summed E-state index contributed by atoms with van der Waals surface area (Å²) in [5.74, 6) is -0.719. The normalized spacial score (nSPS) is 18.1. The number of para-hydroxylation sites is 1. The number of fused-ring (bicyclic) bond motifs is 1. The Morgan fingerprint density at radius 3 is 2.80 bits per heavy atom. The molecule has 9 heteroatoms. The van der Waals surface area contributed by atoms with Crippen molar-refractivity contribution in [2.24, 2.45) is 0 Å². The zero-order chi connectivity index (χ0) is 21.5. The number of hydrogen-bond donors (Lipinski definition) is 1. The van der Waals surface area contributed by atoms with Gasteiger partial charge in [-0.3, -0.25) is 9.59 Å². The third-order valence-corrected chi connectivity index (χ3v) is 6.94. The Labute approximate surface area is 181 Å². The SMILES string of the molecule is COc1ccc(F)cc1-c1csc(NC(=O)C2(C)Sc3ccccc3N(C)C2=O)n1. The number of aromatic nitrogens is 1. The van der Waals surface area contributed by atoms with Crippen LogP contribution in [0.3, 0.4) is 0 Å². The van der Waals surface area contributed by atoms with Gasteiger partial charge in [-0.05, 0) is 37.3 Å². The van der Waals surface area contributed by atoms with Crippen molar-refractivity contribution >= 4 is 45.7 Å². The van der Waals surface area contributed by atoms with Crippen molar-refractivity contribution in [2.75, 3.05) is 24.4 Å². The molecule has 1 aromatic heterocycles. The summed E-state index contributed by atoms with van der Waals surface area (Å²) in [5, 5.41) is 4.76. The van der Waals surface area contributed by atoms with Gasteiger partial charge < -0.3 is 15.0 Å². The molecular weight excluding hydrogens is 425 g/mol. The number of carbonyl (C=O) groups excluding carboxylic acids is 2. The highest BCUT2D eigenvalue weighted by molar-refractivity contribution is 8.02. The predicted octanol–water partition coefficient (Wildman–Crippen LogP) is 4.42. The van der Waals surface area contributed by atoms with Crippen LogP contribution >= 0.6 is 23.1 Å². The predicted molar refractivity (Wildman–Crippen MR) is 117 cm³/mol. The fourth-order valence-electron chi connectivity index (χ4n) is 3.21. The number of carbonyl (C=O) groups is 2. The van der Waals surface area contributed by atoms with Crippen molar-refractivity contribution < 1.29 is 18.7 Å². The van der Waals surface area contributed by atoms with E-state index in [9.17, 15) is 14.0 Å². The van der Waals surface area contributed by atoms with E-state index in [1.807, 2.05) is 24.3 Å². The van der Waals surface area contributed by atoms with E-state index in [1.165, 1.54) is 53.3 Å². The summed E-state index contributed by atoms with van der Waals surface area (Å²) in [7, 11) is 3.15. The molecule has 30 heavy (non-hydrogen) atoms. The van der Waals surface area contributed by atoms with E-state index in [2.05, 4.69) is 10.3 Å². The number of halogens is 1. The van der Waals surface area contributed by atoms with E-state index in [1.54, 1.807) is 19.4 Å². The summed E-state index contributed by atoms with van der Waals surface area (Å²) in [6.45, 7) is 1.60. The van der Waals surface area contributed by atoms with E-state index in [0.29, 0.717) is 22.1 Å². The van der Waals surface area contributed by atoms with Crippen LogP contribution in [0.15, 0.2) is 52.7 Å². The van der Waals surface area contributed by atoms with Gasteiger partial charge in [-0.2, -0.15) is 0 Å². The van der Waals surface area contributed by atoms with Gasteiger partial charge in [0.05, 0.1) is 18.5 Å². The monoisotopic (exact) mass is 443 g/mol. The van der Waals surface area contributed by atoms with Crippen LogP contribution in [0.2, 0.25) is 0 Å². The van der Waals surface area contributed by atoms with Gasteiger partial charge in [0.15, 0.2) is 9.88 Å². The van der Waals surface area contributed by atoms with Gasteiger partial charge >= 0.3 is 0 Å². The molecule has 0 saturated carbocycles. The minimum atomic E-state index is -1.34. The molecular formula is C21H18FN3O3S2. The first kappa shape index (κ1) is 20.4. The lowest BCUT2D eigenvalue weighted by Crippen LogP contribution is -2.53. The van der Waals surface area contributed by atoms with Crippen LogP contribution in [-0.4, -0.2) is 35.7 Å². The fraction of sp³-hybridized carbons (Fsp3) is 0.190.